The first-order valence-electron chi connectivity index (χ1n) is 11.6. The SMILES string of the molecule is O=C(O[C@H]1[C@H](Oc2ccc(/C=C/c3cc(O)cc(O)c3)cc2)O[C@H](CO)[C@@H](O)[C@@H]1O)c1cc(O)c(O)c(O)c1. The van der Waals surface area contributed by atoms with Crippen molar-refractivity contribution in [2.24, 2.45) is 0 Å². The lowest BCUT2D eigenvalue weighted by Crippen LogP contribution is -2.61. The molecule has 39 heavy (non-hydrogen) atoms. The number of ether oxygens (including phenoxy) is 3. The zero-order valence-electron chi connectivity index (χ0n) is 20.2. The molecule has 12 nitrogen and oxygen atoms in total. The molecule has 1 fully saturated rings. The van der Waals surface area contributed by atoms with Gasteiger partial charge < -0.3 is 55.1 Å². The first-order chi connectivity index (χ1) is 18.5. The number of phenolic OH excluding ortho intramolecular Hbond substituents is 5. The molecule has 1 aliphatic heterocycles. The summed E-state index contributed by atoms with van der Waals surface area (Å²) in [4.78, 5) is 12.7. The van der Waals surface area contributed by atoms with E-state index >= 15 is 0 Å². The van der Waals surface area contributed by atoms with Crippen LogP contribution < -0.4 is 4.74 Å². The lowest BCUT2D eigenvalue weighted by Gasteiger charge is -2.41. The number of hydrogen-bond acceptors (Lipinski definition) is 12. The smallest absolute Gasteiger partial charge is 0.339 e. The third kappa shape index (κ3) is 6.33. The summed E-state index contributed by atoms with van der Waals surface area (Å²) in [6.07, 6.45) is -4.36. The minimum atomic E-state index is -1.75. The highest BCUT2D eigenvalue weighted by Crippen LogP contribution is 2.36. The molecule has 206 valence electrons. The largest absolute Gasteiger partial charge is 0.508 e. The fourth-order valence-electron chi connectivity index (χ4n) is 3.89. The Bertz CT molecular complexity index is 1310. The van der Waals surface area contributed by atoms with Gasteiger partial charge in [0.05, 0.1) is 12.2 Å². The maximum atomic E-state index is 12.7. The molecule has 3 aromatic carbocycles. The Morgan fingerprint density at radius 1 is 0.821 bits per heavy atom. The van der Waals surface area contributed by atoms with Crippen LogP contribution >= 0.6 is 0 Å². The van der Waals surface area contributed by atoms with Crippen molar-refractivity contribution in [3.8, 4) is 34.5 Å². The van der Waals surface area contributed by atoms with Gasteiger partial charge in [-0.25, -0.2) is 4.79 Å². The Kier molecular flexibility index (Phi) is 8.12. The molecular formula is C27H26O12. The predicted octanol–water partition coefficient (Wildman–Crippen LogP) is 1.43. The molecule has 1 heterocycles. The number of esters is 1. The van der Waals surface area contributed by atoms with Gasteiger partial charge in [-0.1, -0.05) is 24.3 Å². The quantitative estimate of drug-likeness (QED) is 0.121. The van der Waals surface area contributed by atoms with Gasteiger partial charge in [0.15, 0.2) is 23.4 Å². The maximum absolute atomic E-state index is 12.7. The van der Waals surface area contributed by atoms with E-state index in [1.165, 1.54) is 18.2 Å². The Morgan fingerprint density at radius 2 is 1.41 bits per heavy atom. The predicted molar refractivity (Wildman–Crippen MR) is 134 cm³/mol. The van der Waals surface area contributed by atoms with Gasteiger partial charge in [0.25, 0.3) is 0 Å². The third-order valence-corrected chi connectivity index (χ3v) is 5.90. The zero-order chi connectivity index (χ0) is 28.3. The van der Waals surface area contributed by atoms with E-state index in [0.29, 0.717) is 11.1 Å². The molecule has 5 atom stereocenters. The van der Waals surface area contributed by atoms with Crippen LogP contribution in [0, 0.1) is 0 Å². The van der Waals surface area contributed by atoms with Gasteiger partial charge >= 0.3 is 5.97 Å². The average molecular weight is 542 g/mol. The summed E-state index contributed by atoms with van der Waals surface area (Å²) in [6, 6.07) is 12.2. The minimum Gasteiger partial charge on any atom is -0.508 e. The van der Waals surface area contributed by atoms with Crippen molar-refractivity contribution in [1.29, 1.82) is 0 Å². The Balaban J connectivity index is 1.51. The number of benzene rings is 3. The van der Waals surface area contributed by atoms with Crippen LogP contribution in [0.1, 0.15) is 21.5 Å². The van der Waals surface area contributed by atoms with Gasteiger partial charge in [0, 0.05) is 6.07 Å². The molecule has 0 bridgehead atoms. The highest BCUT2D eigenvalue weighted by molar-refractivity contribution is 5.91. The van der Waals surface area contributed by atoms with E-state index in [1.54, 1.807) is 36.4 Å². The van der Waals surface area contributed by atoms with Crippen LogP contribution in [0.5, 0.6) is 34.5 Å². The van der Waals surface area contributed by atoms with Crippen LogP contribution in [-0.2, 0) is 9.47 Å². The molecule has 0 aromatic heterocycles. The number of aliphatic hydroxyl groups excluding tert-OH is 3. The van der Waals surface area contributed by atoms with Crippen molar-refractivity contribution < 1.29 is 59.9 Å². The minimum absolute atomic E-state index is 0.0892. The van der Waals surface area contributed by atoms with Crippen molar-refractivity contribution in [2.45, 2.75) is 30.7 Å². The molecule has 0 aliphatic carbocycles. The van der Waals surface area contributed by atoms with Gasteiger partial charge in [-0.3, -0.25) is 0 Å². The second kappa shape index (κ2) is 11.5. The molecule has 1 saturated heterocycles. The van der Waals surface area contributed by atoms with Crippen molar-refractivity contribution >= 4 is 18.1 Å². The summed E-state index contributed by atoms with van der Waals surface area (Å²) in [6.45, 7) is -0.674. The van der Waals surface area contributed by atoms with E-state index in [-0.39, 0.29) is 22.8 Å². The number of rotatable bonds is 7. The molecule has 0 unspecified atom stereocenters. The molecule has 12 heteroatoms. The lowest BCUT2D eigenvalue weighted by molar-refractivity contribution is -0.276. The molecule has 4 rings (SSSR count). The molecule has 0 saturated carbocycles. The third-order valence-electron chi connectivity index (χ3n) is 5.90. The van der Waals surface area contributed by atoms with Gasteiger partial charge in [-0.05, 0) is 47.5 Å². The Labute approximate surface area is 221 Å². The van der Waals surface area contributed by atoms with E-state index in [9.17, 15) is 45.6 Å². The van der Waals surface area contributed by atoms with Gasteiger partial charge in [-0.2, -0.15) is 0 Å². The molecule has 3 aromatic rings. The first kappa shape index (κ1) is 27.5. The van der Waals surface area contributed by atoms with Gasteiger partial charge in [0.2, 0.25) is 6.29 Å². The summed E-state index contributed by atoms with van der Waals surface area (Å²) in [5.74, 6) is -3.52. The van der Waals surface area contributed by atoms with Crippen LogP contribution in [0.2, 0.25) is 0 Å². The van der Waals surface area contributed by atoms with E-state index < -0.39 is 60.5 Å². The summed E-state index contributed by atoms with van der Waals surface area (Å²) < 4.78 is 16.6. The van der Waals surface area contributed by atoms with E-state index in [2.05, 4.69) is 0 Å². The molecule has 8 N–H and O–H groups in total. The highest BCUT2D eigenvalue weighted by atomic mass is 16.7. The summed E-state index contributed by atoms with van der Waals surface area (Å²) in [5.41, 5.74) is 0.906. The lowest BCUT2D eigenvalue weighted by atomic mass is 9.99. The Morgan fingerprint density at radius 3 is 2.00 bits per heavy atom. The topological polar surface area (TPSA) is 207 Å². The number of aromatic hydroxyl groups is 5. The molecular weight excluding hydrogens is 516 g/mol. The maximum Gasteiger partial charge on any atom is 0.339 e. The molecule has 0 radical (unpaired) electrons. The van der Waals surface area contributed by atoms with Crippen molar-refractivity contribution in [3.05, 3.63) is 71.3 Å². The fraction of sp³-hybridized carbons (Fsp3) is 0.222. The van der Waals surface area contributed by atoms with Crippen LogP contribution in [0.3, 0.4) is 0 Å². The summed E-state index contributed by atoms with van der Waals surface area (Å²) in [5, 5.41) is 78.5. The van der Waals surface area contributed by atoms with Gasteiger partial charge in [-0.15, -0.1) is 0 Å². The van der Waals surface area contributed by atoms with E-state index in [1.807, 2.05) is 0 Å². The van der Waals surface area contributed by atoms with Crippen LogP contribution in [0.4, 0.5) is 0 Å². The molecule has 0 amide bonds. The number of carbonyl (C=O) groups excluding carboxylic acids is 1. The second-order valence-electron chi connectivity index (χ2n) is 8.74. The normalized spacial score (nSPS) is 23.0. The monoisotopic (exact) mass is 542 g/mol. The zero-order valence-corrected chi connectivity index (χ0v) is 20.2. The van der Waals surface area contributed by atoms with Crippen molar-refractivity contribution in [3.63, 3.8) is 0 Å². The van der Waals surface area contributed by atoms with Crippen molar-refractivity contribution in [1.82, 2.24) is 0 Å². The van der Waals surface area contributed by atoms with E-state index in [0.717, 1.165) is 12.1 Å². The molecule has 1 aliphatic rings. The first-order valence-corrected chi connectivity index (χ1v) is 11.6. The number of aliphatic hydroxyl groups is 3. The fourth-order valence-corrected chi connectivity index (χ4v) is 3.89. The Hall–Kier alpha value is -4.49. The summed E-state index contributed by atoms with van der Waals surface area (Å²) in [7, 11) is 0. The van der Waals surface area contributed by atoms with Crippen LogP contribution in [-0.4, -0.2) is 84.1 Å². The summed E-state index contributed by atoms with van der Waals surface area (Å²) >= 11 is 0. The van der Waals surface area contributed by atoms with Crippen LogP contribution in [0.15, 0.2) is 54.6 Å². The molecule has 0 spiro atoms. The average Bonchev–Trinajstić information content (AvgIpc) is 2.90. The number of carbonyl (C=O) groups is 1. The number of phenols is 5. The van der Waals surface area contributed by atoms with Crippen LogP contribution in [0.25, 0.3) is 12.2 Å². The van der Waals surface area contributed by atoms with Crippen molar-refractivity contribution in [2.75, 3.05) is 6.61 Å². The van der Waals surface area contributed by atoms with E-state index in [4.69, 9.17) is 14.2 Å². The highest BCUT2D eigenvalue weighted by Gasteiger charge is 2.48. The van der Waals surface area contributed by atoms with Gasteiger partial charge in [0.1, 0.15) is 35.6 Å². The second-order valence-corrected chi connectivity index (χ2v) is 8.74. The standard InChI is InChI=1S/C27H26O12/c28-12-21-23(34)24(35)25(39-26(36)15-9-19(31)22(33)20(32)10-15)27(38-21)37-18-5-3-13(4-6-18)1-2-14-7-16(29)11-17(30)8-14/h1-11,21,23-25,27-35H,12H2/b2-1+/t21-,23-,24+,25-,27-/m1/s1. The number of hydrogen-bond donors (Lipinski definition) is 8.